The highest BCUT2D eigenvalue weighted by Crippen LogP contribution is 1.98. The van der Waals surface area contributed by atoms with Crippen LogP contribution in [0.4, 0.5) is 0 Å². The Hall–Kier alpha value is -1.67. The number of aliphatic hydroxyl groups is 1. The van der Waals surface area contributed by atoms with E-state index >= 15 is 0 Å². The Morgan fingerprint density at radius 2 is 1.76 bits per heavy atom. The van der Waals surface area contributed by atoms with Crippen molar-refractivity contribution < 1.29 is 29.7 Å². The Morgan fingerprint density at radius 3 is 2.12 bits per heavy atom. The van der Waals surface area contributed by atoms with Crippen molar-refractivity contribution in [2.45, 2.75) is 38.0 Å². The smallest absolute Gasteiger partial charge is 0.328 e. The van der Waals surface area contributed by atoms with Crippen LogP contribution < -0.4 is 11.1 Å². The third-order valence-electron chi connectivity index (χ3n) is 2.06. The van der Waals surface area contributed by atoms with E-state index in [1.807, 2.05) is 0 Å². The van der Waals surface area contributed by atoms with Crippen molar-refractivity contribution in [1.29, 1.82) is 0 Å². The Kier molecular flexibility index (Phi) is 6.15. The number of hydrogen-bond acceptors (Lipinski definition) is 5. The van der Waals surface area contributed by atoms with Crippen LogP contribution in [0.1, 0.15) is 19.8 Å². The minimum Gasteiger partial charge on any atom is -0.480 e. The molecule has 98 valence electrons. The Morgan fingerprint density at radius 1 is 1.24 bits per heavy atom. The molecule has 0 bridgehead atoms. The molecule has 0 aromatic carbocycles. The van der Waals surface area contributed by atoms with E-state index in [9.17, 15) is 14.4 Å². The first-order valence-electron chi connectivity index (χ1n) is 4.94. The summed E-state index contributed by atoms with van der Waals surface area (Å²) in [4.78, 5) is 32.2. The lowest BCUT2D eigenvalue weighted by atomic mass is 10.1. The topological polar surface area (TPSA) is 150 Å². The molecule has 0 saturated heterocycles. The van der Waals surface area contributed by atoms with Gasteiger partial charge in [-0.3, -0.25) is 9.59 Å². The average Bonchev–Trinajstić information content (AvgIpc) is 2.21. The second kappa shape index (κ2) is 6.81. The number of carboxylic acids is 2. The van der Waals surface area contributed by atoms with Gasteiger partial charge in [0.15, 0.2) is 6.04 Å². The number of aliphatic carboxylic acids is 2. The second-order valence-electron chi connectivity index (χ2n) is 3.61. The quantitative estimate of drug-likeness (QED) is 0.354. The van der Waals surface area contributed by atoms with E-state index < -0.39 is 36.0 Å². The molecule has 0 unspecified atom stereocenters. The zero-order chi connectivity index (χ0) is 13.6. The van der Waals surface area contributed by atoms with E-state index in [0.717, 1.165) is 0 Å². The van der Waals surface area contributed by atoms with Gasteiger partial charge in [-0.15, -0.1) is 0 Å². The molecule has 0 spiro atoms. The Balaban J connectivity index is 4.16. The molecule has 17 heavy (non-hydrogen) atoms. The van der Waals surface area contributed by atoms with Crippen LogP contribution in [0.2, 0.25) is 0 Å². The summed E-state index contributed by atoms with van der Waals surface area (Å²) in [5.74, 6) is -3.27. The molecule has 8 heteroatoms. The van der Waals surface area contributed by atoms with Crippen LogP contribution in [-0.2, 0) is 14.4 Å². The highest BCUT2D eigenvalue weighted by molar-refractivity contribution is 5.84. The van der Waals surface area contributed by atoms with E-state index in [0.29, 0.717) is 0 Å². The van der Waals surface area contributed by atoms with Gasteiger partial charge >= 0.3 is 11.9 Å². The van der Waals surface area contributed by atoms with Gasteiger partial charge in [-0.25, -0.2) is 4.79 Å². The molecule has 1 amide bonds. The number of carbonyl (C=O) groups is 3. The maximum Gasteiger partial charge on any atom is 0.328 e. The van der Waals surface area contributed by atoms with Gasteiger partial charge < -0.3 is 26.4 Å². The maximum absolute atomic E-state index is 11.3. The van der Waals surface area contributed by atoms with Crippen LogP contribution in [0.15, 0.2) is 0 Å². The molecule has 0 rings (SSSR count). The number of hydrogen-bond donors (Lipinski definition) is 5. The molecule has 3 atom stereocenters. The zero-order valence-corrected chi connectivity index (χ0v) is 9.29. The van der Waals surface area contributed by atoms with Crippen LogP contribution in [0.25, 0.3) is 0 Å². The first-order chi connectivity index (χ1) is 7.75. The second-order valence-corrected chi connectivity index (χ2v) is 3.61. The van der Waals surface area contributed by atoms with Gasteiger partial charge in [0, 0.05) is 6.42 Å². The van der Waals surface area contributed by atoms with E-state index in [1.54, 1.807) is 0 Å². The molecule has 8 nitrogen and oxygen atoms in total. The minimum atomic E-state index is -1.41. The molecule has 0 fully saturated rings. The summed E-state index contributed by atoms with van der Waals surface area (Å²) in [5, 5.41) is 28.3. The number of nitrogens with two attached hydrogens (primary N) is 1. The van der Waals surface area contributed by atoms with Crippen molar-refractivity contribution in [3.8, 4) is 0 Å². The molecule has 0 saturated carbocycles. The fraction of sp³-hybridized carbons (Fsp3) is 0.667. The normalized spacial score (nSPS) is 15.7. The summed E-state index contributed by atoms with van der Waals surface area (Å²) in [5.41, 5.74) is 5.17. The summed E-state index contributed by atoms with van der Waals surface area (Å²) in [6, 6.07) is -2.58. The third-order valence-corrected chi connectivity index (χ3v) is 2.06. The number of aliphatic hydroxyl groups excluding tert-OH is 1. The monoisotopic (exact) mass is 248 g/mol. The number of amides is 1. The van der Waals surface area contributed by atoms with Gasteiger partial charge in [-0.2, -0.15) is 0 Å². The molecule has 0 aliphatic carbocycles. The SMILES string of the molecule is C[C@@H](O)[C@H](NC(=O)CC[C@H](N)C(=O)O)C(=O)O. The number of nitrogens with one attached hydrogen (secondary N) is 1. The lowest BCUT2D eigenvalue weighted by Gasteiger charge is -2.17. The van der Waals surface area contributed by atoms with E-state index in [-0.39, 0.29) is 12.8 Å². The van der Waals surface area contributed by atoms with Crippen LogP contribution >= 0.6 is 0 Å². The van der Waals surface area contributed by atoms with Crippen LogP contribution in [0.5, 0.6) is 0 Å². The maximum atomic E-state index is 11.3. The molecular formula is C9H16N2O6. The summed E-state index contributed by atoms with van der Waals surface area (Å²) >= 11 is 0. The Labute approximate surface area is 97.4 Å². The van der Waals surface area contributed by atoms with Crippen molar-refractivity contribution in [3.63, 3.8) is 0 Å². The van der Waals surface area contributed by atoms with Crippen molar-refractivity contribution in [2.75, 3.05) is 0 Å². The first kappa shape index (κ1) is 15.3. The summed E-state index contributed by atoms with van der Waals surface area (Å²) < 4.78 is 0. The molecule has 0 heterocycles. The average molecular weight is 248 g/mol. The fourth-order valence-corrected chi connectivity index (χ4v) is 1.04. The van der Waals surface area contributed by atoms with Gasteiger partial charge in [0.2, 0.25) is 5.91 Å². The first-order valence-corrected chi connectivity index (χ1v) is 4.94. The van der Waals surface area contributed by atoms with Crippen molar-refractivity contribution in [2.24, 2.45) is 5.73 Å². The number of rotatable bonds is 7. The summed E-state index contributed by atoms with van der Waals surface area (Å²) in [6.45, 7) is 1.22. The highest BCUT2D eigenvalue weighted by Gasteiger charge is 2.25. The van der Waals surface area contributed by atoms with Gasteiger partial charge in [0.1, 0.15) is 6.04 Å². The Bertz CT molecular complexity index is 304. The number of carbonyl (C=O) groups excluding carboxylic acids is 1. The fourth-order valence-electron chi connectivity index (χ4n) is 1.04. The highest BCUT2D eigenvalue weighted by atomic mass is 16.4. The van der Waals surface area contributed by atoms with Gasteiger partial charge in [-0.1, -0.05) is 0 Å². The molecule has 0 radical (unpaired) electrons. The molecule has 0 aliphatic heterocycles. The van der Waals surface area contributed by atoms with Crippen LogP contribution in [0, 0.1) is 0 Å². The van der Waals surface area contributed by atoms with Gasteiger partial charge in [0.25, 0.3) is 0 Å². The zero-order valence-electron chi connectivity index (χ0n) is 9.29. The van der Waals surface area contributed by atoms with Crippen LogP contribution in [0.3, 0.4) is 0 Å². The van der Waals surface area contributed by atoms with Crippen molar-refractivity contribution >= 4 is 17.8 Å². The number of carboxylic acid groups (broad SMARTS) is 2. The lowest BCUT2D eigenvalue weighted by molar-refractivity contribution is -0.145. The summed E-state index contributed by atoms with van der Waals surface area (Å²) in [7, 11) is 0. The molecule has 0 aliphatic rings. The van der Waals surface area contributed by atoms with E-state index in [1.165, 1.54) is 6.92 Å². The van der Waals surface area contributed by atoms with E-state index in [4.69, 9.17) is 21.1 Å². The molecule has 6 N–H and O–H groups in total. The predicted molar refractivity (Wildman–Crippen MR) is 56.1 cm³/mol. The molecular weight excluding hydrogens is 232 g/mol. The van der Waals surface area contributed by atoms with Crippen molar-refractivity contribution in [3.05, 3.63) is 0 Å². The standard InChI is InChI=1S/C9H16N2O6/c1-4(12)7(9(16)17)11-6(13)3-2-5(10)8(14)15/h4-5,7,12H,2-3,10H2,1H3,(H,11,13)(H,14,15)(H,16,17)/t4-,5+,7+/m1/s1. The van der Waals surface area contributed by atoms with Crippen LogP contribution in [-0.4, -0.2) is 51.4 Å². The summed E-state index contributed by atoms with van der Waals surface area (Å²) in [6.07, 6.45) is -1.57. The largest absolute Gasteiger partial charge is 0.480 e. The van der Waals surface area contributed by atoms with E-state index in [2.05, 4.69) is 5.32 Å². The molecule has 0 aromatic heterocycles. The van der Waals surface area contributed by atoms with Gasteiger partial charge in [0.05, 0.1) is 6.10 Å². The van der Waals surface area contributed by atoms with Gasteiger partial charge in [-0.05, 0) is 13.3 Å². The predicted octanol–water partition coefficient (Wildman–Crippen LogP) is -1.87. The van der Waals surface area contributed by atoms with Crippen molar-refractivity contribution in [1.82, 2.24) is 5.32 Å². The third kappa shape index (κ3) is 5.83. The minimum absolute atomic E-state index is 0.104. The molecule has 0 aromatic rings. The lowest BCUT2D eigenvalue weighted by Crippen LogP contribution is -2.48.